The molecule has 0 aliphatic carbocycles. The van der Waals surface area contributed by atoms with Gasteiger partial charge in [-0.05, 0) is 93.1 Å². The van der Waals surface area contributed by atoms with Crippen molar-refractivity contribution in [2.24, 2.45) is 59.0 Å². The fourth-order valence-electron chi connectivity index (χ4n) is 14.1. The number of nitrogens with one attached hydrogen (secondary N) is 4. The van der Waals surface area contributed by atoms with Gasteiger partial charge in [-0.15, -0.1) is 0 Å². The number of primary amides is 1. The Morgan fingerprint density at radius 1 is 0.723 bits per heavy atom. The van der Waals surface area contributed by atoms with Gasteiger partial charge in [-0.1, -0.05) is 111 Å². The van der Waals surface area contributed by atoms with Gasteiger partial charge < -0.3 is 55.9 Å². The maximum atomic E-state index is 14.7. The number of carbonyl (C=O) groups excluding carboxylic acids is 9. The smallest absolute Gasteiger partial charge is 0.312 e. The zero-order valence-electron chi connectivity index (χ0n) is 59.2. The lowest BCUT2D eigenvalue weighted by atomic mass is 9.83. The quantitative estimate of drug-likeness (QED) is 0.0275. The van der Waals surface area contributed by atoms with E-state index in [1.54, 1.807) is 55.1 Å². The molecular weight excluding hydrogens is 1200 g/mol. The Morgan fingerprint density at radius 2 is 1.36 bits per heavy atom. The summed E-state index contributed by atoms with van der Waals surface area (Å²) >= 11 is 0. The number of carboxylic acids is 1. The molecule has 4 rings (SSSR count). The number of nitrogens with zero attached hydrogens (tertiary/aromatic N) is 4. The third kappa shape index (κ3) is 24.2. The number of hydrogen-bond acceptors (Lipinski definition) is 13. The largest absolute Gasteiger partial charge is 0.481 e. The molecule has 526 valence electrons. The van der Waals surface area contributed by atoms with Crippen molar-refractivity contribution in [3.63, 3.8) is 0 Å². The number of likely N-dealkylation sites (tertiary alicyclic amines) is 2. The lowest BCUT2D eigenvalue weighted by molar-refractivity contribution is -0.915. The monoisotopic (exact) mass is 1310 g/mol. The first kappa shape index (κ1) is 79.8. The molecular formula is C72H116N9O13+. The number of amides is 7. The molecule has 0 radical (unpaired) electrons. The van der Waals surface area contributed by atoms with Crippen molar-refractivity contribution in [2.45, 2.75) is 195 Å². The number of carbonyl (C=O) groups is 10. The number of Topliss-reactive ketones (excluding diaryl/α,β-unsaturated/α-hetero) is 3. The fraction of sp³-hybridized carbons (Fsp3) is 0.694. The topological polar surface area (TPSA) is 293 Å². The predicted molar refractivity (Wildman–Crippen MR) is 364 cm³/mol. The van der Waals surface area contributed by atoms with Gasteiger partial charge in [0.05, 0.1) is 75.4 Å². The number of aliphatic carboxylic acids is 1. The van der Waals surface area contributed by atoms with E-state index < -0.39 is 71.9 Å². The van der Waals surface area contributed by atoms with Crippen molar-refractivity contribution in [3.05, 3.63) is 65.7 Å². The second-order valence-electron chi connectivity index (χ2n) is 28.3. The predicted octanol–water partition coefficient (Wildman–Crippen LogP) is 7.68. The minimum absolute atomic E-state index is 0.0155. The van der Waals surface area contributed by atoms with Crippen molar-refractivity contribution in [3.8, 4) is 0 Å². The molecule has 11 atom stereocenters. The molecule has 2 heterocycles. The zero-order chi connectivity index (χ0) is 70.1. The summed E-state index contributed by atoms with van der Waals surface area (Å²) in [6.45, 7) is 20.3. The van der Waals surface area contributed by atoms with Gasteiger partial charge in [0.15, 0.2) is 11.6 Å². The van der Waals surface area contributed by atoms with Crippen molar-refractivity contribution in [2.75, 3.05) is 80.5 Å². The highest BCUT2D eigenvalue weighted by atomic mass is 16.5. The highest BCUT2D eigenvalue weighted by Crippen LogP contribution is 2.33. The molecule has 2 aromatic rings. The SMILES string of the molecule is CC[C@H](C)[C@@H]([C@@H](CC(=O)N1CCC[C@H]1[C@H](OC)[C@@H](C)C(=O)C[C@@H](Cc1ccccc1)C(=O)NCc1ccc(NC(=O)[C@H](CCCNC(N)=O)CC(=O)[C@@H](NC(=O)CCC[N+]2(C)CCC(C(=O)O)CC2)C(C)C)cc1)OC)N(C)C(=O)[C@@H](CC(=O)[C@H](C(C)C)N(C)C)C(C)C. The van der Waals surface area contributed by atoms with E-state index in [1.807, 2.05) is 105 Å². The Kier molecular flexibility index (Phi) is 33.0. The van der Waals surface area contributed by atoms with Gasteiger partial charge in [0, 0.05) is 115 Å². The molecule has 7 amide bonds. The number of ether oxygens (including phenoxy) is 2. The van der Waals surface area contributed by atoms with Crippen LogP contribution in [-0.2, 0) is 65.6 Å². The second kappa shape index (κ2) is 38.8. The average Bonchev–Trinajstić information content (AvgIpc) is 1.39. The molecule has 2 fully saturated rings. The second-order valence-corrected chi connectivity index (χ2v) is 28.3. The van der Waals surface area contributed by atoms with Crippen LogP contribution in [0.3, 0.4) is 0 Å². The summed E-state index contributed by atoms with van der Waals surface area (Å²) in [5, 5.41) is 20.8. The molecule has 7 N–H and O–H groups in total. The number of urea groups is 1. The van der Waals surface area contributed by atoms with Crippen LogP contribution in [0.1, 0.15) is 157 Å². The number of ketones is 3. The van der Waals surface area contributed by atoms with Crippen LogP contribution in [0.4, 0.5) is 10.5 Å². The van der Waals surface area contributed by atoms with Crippen LogP contribution < -0.4 is 27.0 Å². The molecule has 0 saturated carbocycles. The number of rotatable bonds is 41. The highest BCUT2D eigenvalue weighted by molar-refractivity contribution is 5.97. The van der Waals surface area contributed by atoms with E-state index in [2.05, 4.69) is 28.3 Å². The average molecular weight is 1320 g/mol. The zero-order valence-corrected chi connectivity index (χ0v) is 59.2. The van der Waals surface area contributed by atoms with Gasteiger partial charge in [0.25, 0.3) is 0 Å². The lowest BCUT2D eigenvalue weighted by Gasteiger charge is -2.41. The first-order chi connectivity index (χ1) is 44.4. The first-order valence-electron chi connectivity index (χ1n) is 34.3. The normalized spacial score (nSPS) is 19.8. The molecule has 2 saturated heterocycles. The summed E-state index contributed by atoms with van der Waals surface area (Å²) in [6, 6.07) is 13.5. The maximum absolute atomic E-state index is 14.7. The Bertz CT molecular complexity index is 2780. The molecule has 0 bridgehead atoms. The standard InChI is InChI=1S/C72H115N9O13/c1-16-48(8)66(79(12)70(89)56(45(2)3)42-60(84)65(47(6)7)78(10)11)61(93-14)43-63(86)80-35-21-26-57(80)67(94-15)49(9)58(82)41-54(39-50-23-18-17-19-24-50)68(87)75-44-51-28-30-55(31-29-51)76-69(88)53(25-20-34-74-72(73)92)40-59(83)64(46(4)5)77-62(85)27-22-36-81(13)37-32-52(33-38-81)71(90)91/h17-19,23-24,28-31,45-49,52-54,56-57,61,64-67H,16,20-22,25-27,32-44H2,1-15H3,(H6-,73,74,75,76,77,85,87,88,90,91,92)/p+1/t48-,49-,52?,53+,54+,56-,57-,61+,64-,65-,66-,67+,81?/m0/s1. The number of likely N-dealkylation sites (N-methyl/N-ethyl adjacent to an activating group) is 2. The number of carboxylic acid groups (broad SMARTS) is 1. The van der Waals surface area contributed by atoms with E-state index in [9.17, 15) is 53.1 Å². The van der Waals surface area contributed by atoms with Crippen LogP contribution in [0.2, 0.25) is 0 Å². The minimum Gasteiger partial charge on any atom is -0.481 e. The van der Waals surface area contributed by atoms with Crippen molar-refractivity contribution < 1.29 is 67.0 Å². The van der Waals surface area contributed by atoms with E-state index in [0.29, 0.717) is 86.9 Å². The van der Waals surface area contributed by atoms with Crippen LogP contribution >= 0.6 is 0 Å². The summed E-state index contributed by atoms with van der Waals surface area (Å²) in [5.41, 5.74) is 7.32. The number of piperidine rings is 1. The highest BCUT2D eigenvalue weighted by Gasteiger charge is 2.44. The Hall–Kier alpha value is -6.62. The van der Waals surface area contributed by atoms with Crippen LogP contribution in [0.15, 0.2) is 54.6 Å². The van der Waals surface area contributed by atoms with Gasteiger partial charge in [0.2, 0.25) is 29.5 Å². The molecule has 22 heteroatoms. The van der Waals surface area contributed by atoms with Gasteiger partial charge in [-0.3, -0.25) is 48.1 Å². The van der Waals surface area contributed by atoms with E-state index in [4.69, 9.17) is 15.2 Å². The number of methoxy groups -OCH3 is 2. The maximum Gasteiger partial charge on any atom is 0.312 e. The van der Waals surface area contributed by atoms with Gasteiger partial charge >= 0.3 is 12.0 Å². The summed E-state index contributed by atoms with van der Waals surface area (Å²) in [5.74, 6) is -6.24. The van der Waals surface area contributed by atoms with Crippen molar-refractivity contribution in [1.29, 1.82) is 0 Å². The Labute approximate surface area is 560 Å². The summed E-state index contributed by atoms with van der Waals surface area (Å²) in [7, 11) is 10.7. The van der Waals surface area contributed by atoms with E-state index >= 15 is 0 Å². The number of quaternary nitrogens is 1. The molecule has 0 spiro atoms. The number of benzene rings is 2. The van der Waals surface area contributed by atoms with Gasteiger partial charge in [-0.2, -0.15) is 0 Å². The van der Waals surface area contributed by atoms with E-state index in [-0.39, 0.29) is 135 Å². The molecule has 2 aliphatic rings. The number of nitrogens with two attached hydrogens (primary N) is 1. The Morgan fingerprint density at radius 3 is 1.91 bits per heavy atom. The first-order valence-corrected chi connectivity index (χ1v) is 34.3. The third-order valence-corrected chi connectivity index (χ3v) is 19.9. The van der Waals surface area contributed by atoms with Crippen LogP contribution in [0.5, 0.6) is 0 Å². The Balaban J connectivity index is 1.43. The number of anilines is 1. The minimum atomic E-state index is -0.849. The molecule has 0 aromatic heterocycles. The van der Waals surface area contributed by atoms with Crippen LogP contribution in [0.25, 0.3) is 0 Å². The lowest BCUT2D eigenvalue weighted by Crippen LogP contribution is -2.54. The summed E-state index contributed by atoms with van der Waals surface area (Å²) < 4.78 is 13.0. The van der Waals surface area contributed by atoms with Crippen LogP contribution in [0, 0.1) is 53.3 Å². The molecule has 0 unspecified atom stereocenters. The fourth-order valence-corrected chi connectivity index (χ4v) is 14.1. The molecule has 22 nitrogen and oxygen atoms in total. The van der Waals surface area contributed by atoms with E-state index in [1.165, 1.54) is 7.11 Å². The van der Waals surface area contributed by atoms with Gasteiger partial charge in [0.1, 0.15) is 5.78 Å². The number of hydrogen-bond donors (Lipinski definition) is 6. The summed E-state index contributed by atoms with van der Waals surface area (Å²) in [6.07, 6.45) is 3.21. The van der Waals surface area contributed by atoms with E-state index in [0.717, 1.165) is 5.56 Å². The van der Waals surface area contributed by atoms with Gasteiger partial charge in [-0.25, -0.2) is 4.79 Å². The van der Waals surface area contributed by atoms with Crippen molar-refractivity contribution in [1.82, 2.24) is 30.7 Å². The van der Waals surface area contributed by atoms with Crippen LogP contribution in [-0.4, -0.2) is 195 Å². The third-order valence-electron chi connectivity index (χ3n) is 19.9. The molecule has 2 aliphatic heterocycles. The molecule has 94 heavy (non-hydrogen) atoms. The van der Waals surface area contributed by atoms with Crippen molar-refractivity contribution >= 4 is 64.6 Å². The summed E-state index contributed by atoms with van der Waals surface area (Å²) in [4.78, 5) is 142. The molecule has 2 aromatic carbocycles.